The van der Waals surface area contributed by atoms with Gasteiger partial charge in [-0.15, -0.1) is 0 Å². The smallest absolute Gasteiger partial charge is 0.277 e. The molecule has 1 saturated carbocycles. The Morgan fingerprint density at radius 2 is 1.93 bits per heavy atom. The molecule has 1 amide bonds. The second-order valence-electron chi connectivity index (χ2n) is 7.88. The molecular weight excluding hydrogens is 368 g/mol. The van der Waals surface area contributed by atoms with Crippen LogP contribution in [0.2, 0.25) is 0 Å². The van der Waals surface area contributed by atoms with Crippen molar-refractivity contribution < 1.29 is 13.6 Å². The topological polar surface area (TPSA) is 102 Å². The molecular formula is C19H19F2N5O2. The van der Waals surface area contributed by atoms with E-state index in [1.54, 1.807) is 19.2 Å². The van der Waals surface area contributed by atoms with E-state index in [-0.39, 0.29) is 42.8 Å². The summed E-state index contributed by atoms with van der Waals surface area (Å²) < 4.78 is 28.9. The summed E-state index contributed by atoms with van der Waals surface area (Å²) in [4.78, 5) is 30.2. The van der Waals surface area contributed by atoms with Gasteiger partial charge in [-0.1, -0.05) is 0 Å². The Morgan fingerprint density at radius 3 is 2.64 bits per heavy atom. The van der Waals surface area contributed by atoms with Gasteiger partial charge in [-0.05, 0) is 36.5 Å². The van der Waals surface area contributed by atoms with Crippen LogP contribution in [-0.2, 0) is 12.1 Å². The Kier molecular flexibility index (Phi) is 3.25. The van der Waals surface area contributed by atoms with Gasteiger partial charge in [0.2, 0.25) is 5.92 Å². The van der Waals surface area contributed by atoms with Crippen molar-refractivity contribution in [3.05, 3.63) is 45.0 Å². The molecule has 0 aromatic carbocycles. The van der Waals surface area contributed by atoms with Crippen molar-refractivity contribution in [2.24, 2.45) is 0 Å². The molecule has 2 aliphatic heterocycles. The van der Waals surface area contributed by atoms with Gasteiger partial charge < -0.3 is 16.4 Å². The molecule has 5 rings (SSSR count). The largest absolute Gasteiger partial charge is 0.384 e. The van der Waals surface area contributed by atoms with Crippen LogP contribution < -0.4 is 21.9 Å². The molecule has 3 aliphatic rings. The number of nitrogens with zero attached hydrogens (tertiary/aromatic N) is 2. The fourth-order valence-corrected chi connectivity index (χ4v) is 4.66. The molecule has 4 heterocycles. The maximum absolute atomic E-state index is 13.7. The Balaban J connectivity index is 1.69. The molecule has 0 atom stereocenters. The number of anilines is 3. The lowest BCUT2D eigenvalue weighted by atomic mass is 9.86. The molecule has 2 aromatic heterocycles. The van der Waals surface area contributed by atoms with Crippen LogP contribution in [0.3, 0.4) is 0 Å². The molecule has 1 spiro atoms. The first-order valence-corrected chi connectivity index (χ1v) is 9.21. The second-order valence-corrected chi connectivity index (χ2v) is 7.88. The predicted octanol–water partition coefficient (Wildman–Crippen LogP) is 2.39. The zero-order valence-corrected chi connectivity index (χ0v) is 15.2. The minimum absolute atomic E-state index is 0.0182. The van der Waals surface area contributed by atoms with E-state index in [1.165, 1.54) is 4.57 Å². The summed E-state index contributed by atoms with van der Waals surface area (Å²) in [5.41, 5.74) is 7.89. The lowest BCUT2D eigenvalue weighted by Gasteiger charge is -2.38. The summed E-state index contributed by atoms with van der Waals surface area (Å²) in [6, 6.07) is 1.66. The summed E-state index contributed by atoms with van der Waals surface area (Å²) in [6.45, 7) is 1.79. The molecule has 1 aliphatic carbocycles. The van der Waals surface area contributed by atoms with Crippen LogP contribution >= 0.6 is 0 Å². The molecule has 28 heavy (non-hydrogen) atoms. The highest BCUT2D eigenvalue weighted by molar-refractivity contribution is 5.98. The molecule has 0 radical (unpaired) electrons. The average molecular weight is 387 g/mol. The van der Waals surface area contributed by atoms with Gasteiger partial charge in [-0.2, -0.15) is 0 Å². The molecule has 4 N–H and O–H groups in total. The fraction of sp³-hybridized carbons (Fsp3) is 0.421. The molecule has 0 bridgehead atoms. The lowest BCUT2D eigenvalue weighted by molar-refractivity contribution is -0.0667. The van der Waals surface area contributed by atoms with Crippen molar-refractivity contribution in [2.75, 3.05) is 11.1 Å². The van der Waals surface area contributed by atoms with E-state index in [0.29, 0.717) is 29.2 Å². The highest BCUT2D eigenvalue weighted by Gasteiger charge is 2.51. The summed E-state index contributed by atoms with van der Waals surface area (Å²) in [5.74, 6) is -2.83. The van der Waals surface area contributed by atoms with Gasteiger partial charge in [0.05, 0.1) is 0 Å². The Hall–Kier alpha value is -2.97. The monoisotopic (exact) mass is 387 g/mol. The SMILES string of the molecule is Cc1c2c(c(=O)n3c1C(=O)NC31CCC(F)(F)CC1)Nc1cc(N)ncc1C2. The van der Waals surface area contributed by atoms with Crippen LogP contribution in [0.4, 0.5) is 26.0 Å². The highest BCUT2D eigenvalue weighted by atomic mass is 19.3. The average Bonchev–Trinajstić information content (AvgIpc) is 2.94. The number of carbonyl (C=O) groups excluding carboxylic acids is 1. The van der Waals surface area contributed by atoms with E-state index < -0.39 is 11.6 Å². The minimum atomic E-state index is -2.77. The third-order valence-electron chi connectivity index (χ3n) is 6.18. The standard InChI is InChI=1S/C19H19F2N5O2/c1-9-11-6-10-8-23-13(22)7-12(10)24-14(11)17(28)26-15(9)16(27)25-19(26)4-2-18(20,21)3-5-19/h7-8,24H,2-6H2,1H3,(H2,22,23)(H,25,27). The normalized spacial score (nSPS) is 20.8. The van der Waals surface area contributed by atoms with E-state index in [4.69, 9.17) is 5.73 Å². The van der Waals surface area contributed by atoms with Crippen LogP contribution in [0.5, 0.6) is 0 Å². The van der Waals surface area contributed by atoms with Gasteiger partial charge in [0.25, 0.3) is 11.5 Å². The van der Waals surface area contributed by atoms with Crippen molar-refractivity contribution in [3.63, 3.8) is 0 Å². The number of pyridine rings is 2. The van der Waals surface area contributed by atoms with Gasteiger partial charge in [0, 0.05) is 37.2 Å². The van der Waals surface area contributed by atoms with Gasteiger partial charge >= 0.3 is 0 Å². The van der Waals surface area contributed by atoms with E-state index in [2.05, 4.69) is 15.6 Å². The van der Waals surface area contributed by atoms with Crippen LogP contribution in [0, 0.1) is 6.92 Å². The number of rotatable bonds is 0. The van der Waals surface area contributed by atoms with Crippen molar-refractivity contribution in [1.29, 1.82) is 0 Å². The van der Waals surface area contributed by atoms with Gasteiger partial charge in [-0.3, -0.25) is 14.2 Å². The quantitative estimate of drug-likeness (QED) is 0.550. The zero-order chi connectivity index (χ0) is 19.8. The summed E-state index contributed by atoms with van der Waals surface area (Å²) in [7, 11) is 0. The number of carbonyl (C=O) groups is 1. The fourth-order valence-electron chi connectivity index (χ4n) is 4.66. The Bertz CT molecular complexity index is 1100. The Morgan fingerprint density at radius 1 is 1.21 bits per heavy atom. The maximum Gasteiger partial charge on any atom is 0.277 e. The maximum atomic E-state index is 13.7. The minimum Gasteiger partial charge on any atom is -0.384 e. The lowest BCUT2D eigenvalue weighted by Crippen LogP contribution is -2.51. The van der Waals surface area contributed by atoms with Crippen molar-refractivity contribution in [3.8, 4) is 0 Å². The van der Waals surface area contributed by atoms with Crippen LogP contribution in [0.25, 0.3) is 0 Å². The number of nitrogen functional groups attached to an aromatic ring is 1. The summed E-state index contributed by atoms with van der Waals surface area (Å²) in [6.07, 6.45) is 1.39. The number of hydrogen-bond acceptors (Lipinski definition) is 5. The number of fused-ring (bicyclic) bond motifs is 4. The first kappa shape index (κ1) is 17.2. The number of nitrogens with two attached hydrogens (primary N) is 1. The molecule has 1 fully saturated rings. The van der Waals surface area contributed by atoms with Crippen molar-refractivity contribution >= 4 is 23.1 Å². The second kappa shape index (κ2) is 5.30. The van der Waals surface area contributed by atoms with Crippen LogP contribution in [-0.4, -0.2) is 21.4 Å². The number of aromatic nitrogens is 2. The first-order chi connectivity index (χ1) is 13.2. The summed E-state index contributed by atoms with van der Waals surface area (Å²) >= 11 is 0. The van der Waals surface area contributed by atoms with Crippen LogP contribution in [0.1, 0.15) is 52.9 Å². The third-order valence-corrected chi connectivity index (χ3v) is 6.18. The van der Waals surface area contributed by atoms with Crippen molar-refractivity contribution in [1.82, 2.24) is 14.9 Å². The molecule has 7 nitrogen and oxygen atoms in total. The third kappa shape index (κ3) is 2.22. The molecule has 0 unspecified atom stereocenters. The first-order valence-electron chi connectivity index (χ1n) is 9.21. The van der Waals surface area contributed by atoms with Crippen molar-refractivity contribution in [2.45, 2.75) is 50.6 Å². The number of hydrogen-bond donors (Lipinski definition) is 3. The molecule has 9 heteroatoms. The zero-order valence-electron chi connectivity index (χ0n) is 15.2. The van der Waals surface area contributed by atoms with Gasteiger partial charge in [-0.25, -0.2) is 13.8 Å². The highest BCUT2D eigenvalue weighted by Crippen LogP contribution is 2.45. The molecule has 146 valence electrons. The summed E-state index contributed by atoms with van der Waals surface area (Å²) in [5, 5.41) is 5.97. The van der Waals surface area contributed by atoms with E-state index >= 15 is 0 Å². The number of amides is 1. The van der Waals surface area contributed by atoms with E-state index in [9.17, 15) is 18.4 Å². The van der Waals surface area contributed by atoms with Gasteiger partial charge in [0.15, 0.2) is 0 Å². The van der Waals surface area contributed by atoms with Gasteiger partial charge in [0.1, 0.15) is 22.9 Å². The number of halogens is 2. The molecule has 2 aromatic rings. The Labute approximate surface area is 158 Å². The molecule has 0 saturated heterocycles. The van der Waals surface area contributed by atoms with Crippen LogP contribution in [0.15, 0.2) is 17.1 Å². The van der Waals surface area contributed by atoms with E-state index in [0.717, 1.165) is 11.1 Å². The number of alkyl halides is 2. The number of nitrogens with one attached hydrogen (secondary N) is 2. The van der Waals surface area contributed by atoms with E-state index in [1.807, 2.05) is 0 Å². The predicted molar refractivity (Wildman–Crippen MR) is 99.0 cm³/mol.